The molecule has 10 heteroatoms. The summed E-state index contributed by atoms with van der Waals surface area (Å²) in [6, 6.07) is 7.55. The van der Waals surface area contributed by atoms with Gasteiger partial charge in [-0.1, -0.05) is 79.1 Å². The van der Waals surface area contributed by atoms with Gasteiger partial charge in [-0.05, 0) is 71.2 Å². The van der Waals surface area contributed by atoms with Gasteiger partial charge >= 0.3 is 0 Å². The Labute approximate surface area is 248 Å². The molecule has 0 amide bonds. The predicted octanol–water partition coefficient (Wildman–Crippen LogP) is 7.07. The first-order valence-electron chi connectivity index (χ1n) is 15.0. The Morgan fingerprint density at radius 1 is 0.683 bits per heavy atom. The van der Waals surface area contributed by atoms with E-state index in [2.05, 4.69) is 37.1 Å². The summed E-state index contributed by atoms with van der Waals surface area (Å²) in [4.78, 5) is 0. The third-order valence-electron chi connectivity index (χ3n) is 8.65. The maximum absolute atomic E-state index is 12.3. The Morgan fingerprint density at radius 3 is 1.34 bits per heavy atom. The van der Waals surface area contributed by atoms with E-state index in [0.29, 0.717) is 34.6 Å². The van der Waals surface area contributed by atoms with Crippen LogP contribution in [0.3, 0.4) is 0 Å². The third kappa shape index (κ3) is 7.89. The number of fused-ring (bicyclic) bond motifs is 3. The Morgan fingerprint density at radius 2 is 1.05 bits per heavy atom. The molecule has 8 nitrogen and oxygen atoms in total. The molecule has 0 radical (unpaired) electrons. The summed E-state index contributed by atoms with van der Waals surface area (Å²) in [6.45, 7) is 8.88. The van der Waals surface area contributed by atoms with Crippen LogP contribution in [0.25, 0.3) is 11.1 Å². The molecule has 0 aliphatic heterocycles. The number of sulfonamides is 2. The van der Waals surface area contributed by atoms with Crippen LogP contribution in [-0.4, -0.2) is 29.3 Å². The Kier molecular flexibility index (Phi) is 10.7. The molecule has 1 aliphatic carbocycles. The monoisotopic (exact) mass is 606 g/mol. The lowest BCUT2D eigenvalue weighted by molar-refractivity contribution is 0.266. The van der Waals surface area contributed by atoms with E-state index in [0.717, 1.165) is 99.0 Å². The molecule has 2 aromatic rings. The van der Waals surface area contributed by atoms with E-state index < -0.39 is 25.5 Å². The number of unbranched alkanes of at least 4 members (excludes halogenated alkanes) is 2. The van der Waals surface area contributed by atoms with Gasteiger partial charge in [0.1, 0.15) is 0 Å². The fourth-order valence-electron chi connectivity index (χ4n) is 6.59. The lowest BCUT2D eigenvalue weighted by atomic mass is 9.65. The quantitative estimate of drug-likeness (QED) is 0.150. The highest BCUT2D eigenvalue weighted by Gasteiger charge is 2.46. The second-order valence-corrected chi connectivity index (χ2v) is 15.5. The van der Waals surface area contributed by atoms with Gasteiger partial charge in [-0.3, -0.25) is 9.44 Å². The van der Waals surface area contributed by atoms with Crippen molar-refractivity contribution in [1.29, 1.82) is 0 Å². The van der Waals surface area contributed by atoms with Crippen LogP contribution in [0, 0.1) is 11.8 Å². The average molecular weight is 607 g/mol. The van der Waals surface area contributed by atoms with E-state index in [9.17, 15) is 16.8 Å². The van der Waals surface area contributed by atoms with Crippen LogP contribution in [0.4, 0.5) is 22.7 Å². The standard InChI is InChI=1S/C31H50N4O4S2/c1-7-11-13-21(9-3)19-31(20-22(10-4)14-12-8-2)25-17-29(34-40(5,36)37)27(32)15-23(25)24-16-28(33)30(18-26(24)31)35-41(6,38)39/h15-18,21-22,34-35H,7-14,19-20,32-33H2,1-6H3. The summed E-state index contributed by atoms with van der Waals surface area (Å²) in [5.41, 5.74) is 17.8. The molecule has 0 saturated carbocycles. The first kappa shape index (κ1) is 33.0. The molecule has 0 spiro atoms. The van der Waals surface area contributed by atoms with Gasteiger partial charge in [0.05, 0.1) is 35.3 Å². The predicted molar refractivity (Wildman–Crippen MR) is 174 cm³/mol. The van der Waals surface area contributed by atoms with Crippen molar-refractivity contribution in [2.24, 2.45) is 11.8 Å². The first-order chi connectivity index (χ1) is 19.2. The van der Waals surface area contributed by atoms with Crippen LogP contribution in [-0.2, 0) is 25.5 Å². The Balaban J connectivity index is 2.39. The van der Waals surface area contributed by atoms with Crippen molar-refractivity contribution in [3.8, 4) is 11.1 Å². The fourth-order valence-corrected chi connectivity index (χ4v) is 7.74. The van der Waals surface area contributed by atoms with Crippen LogP contribution < -0.4 is 20.9 Å². The van der Waals surface area contributed by atoms with Crippen LogP contribution in [0.15, 0.2) is 24.3 Å². The third-order valence-corrected chi connectivity index (χ3v) is 9.83. The molecule has 3 rings (SSSR count). The molecular weight excluding hydrogens is 556 g/mol. The smallest absolute Gasteiger partial charge is 0.229 e. The second-order valence-electron chi connectivity index (χ2n) is 12.0. The van der Waals surface area contributed by atoms with Crippen molar-refractivity contribution in [3.05, 3.63) is 35.4 Å². The molecule has 1 aliphatic rings. The van der Waals surface area contributed by atoms with Crippen molar-refractivity contribution in [2.45, 2.75) is 97.3 Å². The zero-order chi connectivity index (χ0) is 30.6. The maximum atomic E-state index is 12.3. The summed E-state index contributed by atoms with van der Waals surface area (Å²) in [6.07, 6.45) is 12.7. The zero-order valence-corrected chi connectivity index (χ0v) is 27.3. The number of hydrogen-bond acceptors (Lipinski definition) is 6. The number of anilines is 4. The number of hydrogen-bond donors (Lipinski definition) is 4. The first-order valence-corrected chi connectivity index (χ1v) is 18.8. The van der Waals surface area contributed by atoms with E-state index in [-0.39, 0.29) is 0 Å². The van der Waals surface area contributed by atoms with Gasteiger partial charge in [0.2, 0.25) is 20.0 Å². The van der Waals surface area contributed by atoms with Crippen molar-refractivity contribution < 1.29 is 16.8 Å². The number of nitrogens with two attached hydrogens (primary N) is 2. The van der Waals surface area contributed by atoms with Crippen LogP contribution in [0.2, 0.25) is 0 Å². The highest BCUT2D eigenvalue weighted by Crippen LogP contribution is 2.58. The Hall–Kier alpha value is -2.46. The summed E-state index contributed by atoms with van der Waals surface area (Å²) in [7, 11) is -7.12. The average Bonchev–Trinajstić information content (AvgIpc) is 3.10. The van der Waals surface area contributed by atoms with Crippen LogP contribution in [0.5, 0.6) is 0 Å². The van der Waals surface area contributed by atoms with E-state index in [1.165, 1.54) is 0 Å². The van der Waals surface area contributed by atoms with Gasteiger partial charge in [0, 0.05) is 5.41 Å². The molecule has 0 saturated heterocycles. The number of nitrogen functional groups attached to an aromatic ring is 2. The molecule has 2 unspecified atom stereocenters. The number of nitrogens with one attached hydrogen (secondary N) is 2. The van der Waals surface area contributed by atoms with E-state index in [1.54, 1.807) is 0 Å². The SMILES string of the molecule is CCCCC(CC)CC1(CC(CC)CCCC)c2cc(NS(C)(=O)=O)c(N)cc2-c2cc(N)c(NS(C)(=O)=O)cc21. The lowest BCUT2D eigenvalue weighted by Crippen LogP contribution is -2.32. The number of rotatable bonds is 16. The molecule has 6 N–H and O–H groups in total. The molecule has 0 bridgehead atoms. The second kappa shape index (κ2) is 13.2. The van der Waals surface area contributed by atoms with Gasteiger partial charge < -0.3 is 11.5 Å². The zero-order valence-electron chi connectivity index (χ0n) is 25.6. The molecule has 2 atom stereocenters. The highest BCUT2D eigenvalue weighted by atomic mass is 32.2. The summed E-state index contributed by atoms with van der Waals surface area (Å²) < 4.78 is 54.4. The minimum Gasteiger partial charge on any atom is -0.397 e. The van der Waals surface area contributed by atoms with Crippen molar-refractivity contribution >= 4 is 42.8 Å². The summed E-state index contributed by atoms with van der Waals surface area (Å²) >= 11 is 0. The van der Waals surface area contributed by atoms with E-state index in [4.69, 9.17) is 11.5 Å². The largest absolute Gasteiger partial charge is 0.397 e. The highest BCUT2D eigenvalue weighted by molar-refractivity contribution is 7.92. The summed E-state index contributed by atoms with van der Waals surface area (Å²) in [5, 5.41) is 0. The fraction of sp³-hybridized carbons (Fsp3) is 0.613. The Bertz CT molecular complexity index is 1330. The van der Waals surface area contributed by atoms with Crippen LogP contribution >= 0.6 is 0 Å². The van der Waals surface area contributed by atoms with Crippen molar-refractivity contribution in [1.82, 2.24) is 0 Å². The van der Waals surface area contributed by atoms with Crippen molar-refractivity contribution in [3.63, 3.8) is 0 Å². The topological polar surface area (TPSA) is 144 Å². The van der Waals surface area contributed by atoms with E-state index >= 15 is 0 Å². The normalized spacial score (nSPS) is 15.7. The molecule has 0 aromatic heterocycles. The minimum atomic E-state index is -3.56. The van der Waals surface area contributed by atoms with Crippen LogP contribution in [0.1, 0.15) is 103 Å². The lowest BCUT2D eigenvalue weighted by Gasteiger charge is -2.39. The van der Waals surface area contributed by atoms with Gasteiger partial charge in [0.25, 0.3) is 0 Å². The van der Waals surface area contributed by atoms with E-state index in [1.807, 2.05) is 24.3 Å². The molecule has 0 heterocycles. The van der Waals surface area contributed by atoms with Gasteiger partial charge in [-0.25, -0.2) is 16.8 Å². The molecule has 0 fully saturated rings. The van der Waals surface area contributed by atoms with Gasteiger partial charge in [-0.2, -0.15) is 0 Å². The molecular formula is C31H50N4O4S2. The maximum Gasteiger partial charge on any atom is 0.229 e. The van der Waals surface area contributed by atoms with Gasteiger partial charge in [0.15, 0.2) is 0 Å². The summed E-state index contributed by atoms with van der Waals surface area (Å²) in [5.74, 6) is 0.871. The molecule has 230 valence electrons. The van der Waals surface area contributed by atoms with Crippen molar-refractivity contribution in [2.75, 3.05) is 33.4 Å². The number of benzene rings is 2. The minimum absolute atomic E-state index is 0.337. The van der Waals surface area contributed by atoms with Gasteiger partial charge in [-0.15, -0.1) is 0 Å². The molecule has 2 aromatic carbocycles. The molecule has 41 heavy (non-hydrogen) atoms.